The first-order valence-corrected chi connectivity index (χ1v) is 6.16. The molecule has 0 radical (unpaired) electrons. The number of amides is 1. The van der Waals surface area contributed by atoms with E-state index >= 15 is 0 Å². The van der Waals surface area contributed by atoms with Crippen molar-refractivity contribution in [1.29, 1.82) is 0 Å². The molecule has 0 atom stereocenters. The predicted molar refractivity (Wildman–Crippen MR) is 76.4 cm³/mol. The molecule has 4 nitrogen and oxygen atoms in total. The fourth-order valence-corrected chi connectivity index (χ4v) is 2.33. The van der Waals surface area contributed by atoms with E-state index in [-0.39, 0.29) is 5.91 Å². The van der Waals surface area contributed by atoms with E-state index in [9.17, 15) is 4.79 Å². The molecule has 0 saturated carbocycles. The van der Waals surface area contributed by atoms with Gasteiger partial charge in [0, 0.05) is 24.8 Å². The largest absolute Gasteiger partial charge is 0.357 e. The first kappa shape index (κ1) is 11.6. The summed E-state index contributed by atoms with van der Waals surface area (Å²) in [6, 6.07) is 9.81. The summed E-state index contributed by atoms with van der Waals surface area (Å²) in [4.78, 5) is 15.2. The second kappa shape index (κ2) is 4.31. The topological polar surface area (TPSA) is 49.8 Å². The summed E-state index contributed by atoms with van der Waals surface area (Å²) >= 11 is 0. The molecule has 0 aliphatic carbocycles. The van der Waals surface area contributed by atoms with E-state index in [0.29, 0.717) is 5.69 Å². The van der Waals surface area contributed by atoms with Gasteiger partial charge in [-0.3, -0.25) is 4.79 Å². The number of aromatic nitrogens is 2. The van der Waals surface area contributed by atoms with Crippen LogP contribution in [-0.2, 0) is 7.05 Å². The Kier molecular flexibility index (Phi) is 2.63. The molecular formula is C15H15N3O. The van der Waals surface area contributed by atoms with Crippen LogP contribution in [0.15, 0.2) is 42.7 Å². The van der Waals surface area contributed by atoms with Gasteiger partial charge in [0.1, 0.15) is 5.69 Å². The van der Waals surface area contributed by atoms with Crippen molar-refractivity contribution in [3.05, 3.63) is 54.0 Å². The molecule has 96 valence electrons. The smallest absolute Gasteiger partial charge is 0.272 e. The molecule has 2 aromatic heterocycles. The SMILES string of the molecule is Cc1cc[nH]c1C(=O)Nc1cccc2ccn(C)c12. The predicted octanol–water partition coefficient (Wildman–Crippen LogP) is 3.07. The Hall–Kier alpha value is -2.49. The van der Waals surface area contributed by atoms with Crippen LogP contribution in [0.5, 0.6) is 0 Å². The number of nitrogens with zero attached hydrogens (tertiary/aromatic N) is 1. The van der Waals surface area contributed by atoms with Crippen LogP contribution >= 0.6 is 0 Å². The Bertz CT molecular complexity index is 752. The Morgan fingerprint density at radius 3 is 2.84 bits per heavy atom. The number of anilines is 1. The van der Waals surface area contributed by atoms with Crippen molar-refractivity contribution in [2.75, 3.05) is 5.32 Å². The number of carbonyl (C=O) groups excluding carboxylic acids is 1. The molecule has 0 unspecified atom stereocenters. The van der Waals surface area contributed by atoms with E-state index in [1.165, 1.54) is 0 Å². The van der Waals surface area contributed by atoms with Crippen molar-refractivity contribution in [2.45, 2.75) is 6.92 Å². The first-order valence-electron chi connectivity index (χ1n) is 6.16. The zero-order chi connectivity index (χ0) is 13.4. The fourth-order valence-electron chi connectivity index (χ4n) is 2.33. The number of hydrogen-bond acceptors (Lipinski definition) is 1. The van der Waals surface area contributed by atoms with E-state index in [1.54, 1.807) is 6.20 Å². The quantitative estimate of drug-likeness (QED) is 0.724. The molecule has 0 bridgehead atoms. The van der Waals surface area contributed by atoms with Crippen LogP contribution in [0.3, 0.4) is 0 Å². The van der Waals surface area contributed by atoms with Crippen LogP contribution in [0, 0.1) is 6.92 Å². The number of para-hydroxylation sites is 1. The van der Waals surface area contributed by atoms with Gasteiger partial charge in [0.05, 0.1) is 11.2 Å². The number of benzene rings is 1. The lowest BCUT2D eigenvalue weighted by atomic mass is 10.2. The lowest BCUT2D eigenvalue weighted by molar-refractivity contribution is 0.102. The Morgan fingerprint density at radius 2 is 2.11 bits per heavy atom. The number of fused-ring (bicyclic) bond motifs is 1. The number of H-pyrrole nitrogens is 1. The van der Waals surface area contributed by atoms with Gasteiger partial charge in [-0.15, -0.1) is 0 Å². The highest BCUT2D eigenvalue weighted by Gasteiger charge is 2.12. The number of carbonyl (C=O) groups is 1. The average molecular weight is 253 g/mol. The van der Waals surface area contributed by atoms with Crippen LogP contribution in [0.4, 0.5) is 5.69 Å². The molecule has 0 saturated heterocycles. The lowest BCUT2D eigenvalue weighted by Gasteiger charge is -2.08. The van der Waals surface area contributed by atoms with Crippen LogP contribution in [-0.4, -0.2) is 15.5 Å². The maximum Gasteiger partial charge on any atom is 0.272 e. The molecule has 1 amide bonds. The fraction of sp³-hybridized carbons (Fsp3) is 0.133. The van der Waals surface area contributed by atoms with E-state index in [1.807, 2.05) is 55.1 Å². The van der Waals surface area contributed by atoms with Crippen molar-refractivity contribution < 1.29 is 4.79 Å². The highest BCUT2D eigenvalue weighted by molar-refractivity contribution is 6.08. The van der Waals surface area contributed by atoms with E-state index in [2.05, 4.69) is 10.3 Å². The zero-order valence-corrected chi connectivity index (χ0v) is 10.9. The number of rotatable bonds is 2. The minimum atomic E-state index is -0.115. The van der Waals surface area contributed by atoms with Crippen molar-refractivity contribution in [1.82, 2.24) is 9.55 Å². The molecule has 2 heterocycles. The molecule has 0 fully saturated rings. The third-order valence-electron chi connectivity index (χ3n) is 3.33. The molecule has 3 aromatic rings. The van der Waals surface area contributed by atoms with E-state index in [4.69, 9.17) is 0 Å². The standard InChI is InChI=1S/C15H15N3O/c1-10-6-8-16-13(10)15(19)17-12-5-3-4-11-7-9-18(2)14(11)12/h3-9,16H,1-2H3,(H,17,19). The normalized spacial score (nSPS) is 10.8. The van der Waals surface area contributed by atoms with Crippen molar-refractivity contribution in [2.24, 2.45) is 7.05 Å². The van der Waals surface area contributed by atoms with Gasteiger partial charge in [-0.25, -0.2) is 0 Å². The minimum absolute atomic E-state index is 0.115. The Labute approximate surface area is 111 Å². The maximum absolute atomic E-state index is 12.2. The number of nitrogens with one attached hydrogen (secondary N) is 2. The Morgan fingerprint density at radius 1 is 1.26 bits per heavy atom. The molecule has 1 aromatic carbocycles. The van der Waals surface area contributed by atoms with Crippen molar-refractivity contribution in [3.63, 3.8) is 0 Å². The summed E-state index contributed by atoms with van der Waals surface area (Å²) in [7, 11) is 1.97. The third-order valence-corrected chi connectivity index (χ3v) is 3.33. The summed E-state index contributed by atoms with van der Waals surface area (Å²) in [5.74, 6) is -0.115. The van der Waals surface area contributed by atoms with Gasteiger partial charge in [-0.2, -0.15) is 0 Å². The molecule has 0 spiro atoms. The van der Waals surface area contributed by atoms with Crippen molar-refractivity contribution >= 4 is 22.5 Å². The third kappa shape index (κ3) is 1.91. The van der Waals surface area contributed by atoms with E-state index < -0.39 is 0 Å². The summed E-state index contributed by atoms with van der Waals surface area (Å²) in [6.07, 6.45) is 3.76. The van der Waals surface area contributed by atoms with Gasteiger partial charge >= 0.3 is 0 Å². The van der Waals surface area contributed by atoms with Gasteiger partial charge in [0.15, 0.2) is 0 Å². The number of aromatic amines is 1. The second-order valence-corrected chi connectivity index (χ2v) is 4.66. The Balaban J connectivity index is 2.00. The highest BCUT2D eigenvalue weighted by Crippen LogP contribution is 2.24. The highest BCUT2D eigenvalue weighted by atomic mass is 16.1. The van der Waals surface area contributed by atoms with Gasteiger partial charge in [-0.05, 0) is 30.7 Å². The number of hydrogen-bond donors (Lipinski definition) is 2. The molecule has 2 N–H and O–H groups in total. The van der Waals surface area contributed by atoms with Gasteiger partial charge in [0.25, 0.3) is 5.91 Å². The molecule has 4 heteroatoms. The van der Waals surface area contributed by atoms with Crippen LogP contribution in [0.2, 0.25) is 0 Å². The van der Waals surface area contributed by atoms with Gasteiger partial charge in [0.2, 0.25) is 0 Å². The molecule has 0 aliphatic heterocycles. The number of aryl methyl sites for hydroxylation is 2. The molecule has 0 aliphatic rings. The molecule has 19 heavy (non-hydrogen) atoms. The first-order chi connectivity index (χ1) is 9.16. The maximum atomic E-state index is 12.2. The van der Waals surface area contributed by atoms with Crippen molar-refractivity contribution in [3.8, 4) is 0 Å². The van der Waals surface area contributed by atoms with Crippen LogP contribution in [0.25, 0.3) is 10.9 Å². The summed E-state index contributed by atoms with van der Waals surface area (Å²) < 4.78 is 2.01. The summed E-state index contributed by atoms with van der Waals surface area (Å²) in [5.41, 5.74) is 3.40. The van der Waals surface area contributed by atoms with Gasteiger partial charge in [-0.1, -0.05) is 12.1 Å². The van der Waals surface area contributed by atoms with E-state index in [0.717, 1.165) is 22.2 Å². The molecule has 3 rings (SSSR count). The zero-order valence-electron chi connectivity index (χ0n) is 10.9. The summed E-state index contributed by atoms with van der Waals surface area (Å²) in [6.45, 7) is 1.91. The summed E-state index contributed by atoms with van der Waals surface area (Å²) in [5, 5.41) is 4.08. The molecular weight excluding hydrogens is 238 g/mol. The minimum Gasteiger partial charge on any atom is -0.357 e. The monoisotopic (exact) mass is 253 g/mol. The van der Waals surface area contributed by atoms with Gasteiger partial charge < -0.3 is 14.9 Å². The second-order valence-electron chi connectivity index (χ2n) is 4.66. The average Bonchev–Trinajstić information content (AvgIpc) is 2.97. The van der Waals surface area contributed by atoms with Crippen LogP contribution < -0.4 is 5.32 Å². The van der Waals surface area contributed by atoms with Crippen LogP contribution in [0.1, 0.15) is 16.1 Å². The lowest BCUT2D eigenvalue weighted by Crippen LogP contribution is -2.14.